The summed E-state index contributed by atoms with van der Waals surface area (Å²) in [5, 5.41) is 10.5. The molecule has 1 heterocycles. The second-order valence-electron chi connectivity index (χ2n) is 8.30. The Labute approximate surface area is 160 Å². The van der Waals surface area contributed by atoms with Gasteiger partial charge in [-0.15, -0.1) is 0 Å². The number of hydrogen-bond donors (Lipinski definition) is 2. The van der Waals surface area contributed by atoms with E-state index in [1.165, 1.54) is 18.4 Å². The van der Waals surface area contributed by atoms with Crippen LogP contribution >= 0.6 is 0 Å². The van der Waals surface area contributed by atoms with Crippen LogP contribution in [0.5, 0.6) is 5.75 Å². The van der Waals surface area contributed by atoms with Crippen molar-refractivity contribution >= 4 is 6.03 Å². The van der Waals surface area contributed by atoms with Gasteiger partial charge in [0.15, 0.2) is 0 Å². The molecular formula is C21H28N4O2. The van der Waals surface area contributed by atoms with Gasteiger partial charge in [0.05, 0.1) is 18.4 Å². The van der Waals surface area contributed by atoms with E-state index in [4.69, 9.17) is 4.74 Å². The fraction of sp³-hybridized carbons (Fsp3) is 0.524. The van der Waals surface area contributed by atoms with Gasteiger partial charge in [-0.3, -0.25) is 4.68 Å². The lowest BCUT2D eigenvalue weighted by Crippen LogP contribution is -2.64. The molecule has 144 valence electrons. The van der Waals surface area contributed by atoms with Gasteiger partial charge in [-0.2, -0.15) is 5.10 Å². The van der Waals surface area contributed by atoms with Crippen LogP contribution in [-0.2, 0) is 13.6 Å². The monoisotopic (exact) mass is 368 g/mol. The minimum Gasteiger partial charge on any atom is -0.490 e. The molecule has 1 aromatic heterocycles. The van der Waals surface area contributed by atoms with E-state index in [2.05, 4.69) is 29.6 Å². The number of rotatable bonds is 6. The Hall–Kier alpha value is -2.50. The van der Waals surface area contributed by atoms with E-state index in [9.17, 15) is 4.79 Å². The summed E-state index contributed by atoms with van der Waals surface area (Å²) < 4.78 is 7.94. The van der Waals surface area contributed by atoms with Crippen molar-refractivity contribution in [2.24, 2.45) is 12.5 Å². The number of aromatic nitrogens is 2. The van der Waals surface area contributed by atoms with Crippen LogP contribution in [0.4, 0.5) is 4.79 Å². The van der Waals surface area contributed by atoms with E-state index in [0.717, 1.165) is 17.9 Å². The highest BCUT2D eigenvalue weighted by Crippen LogP contribution is 2.43. The molecule has 0 unspecified atom stereocenters. The van der Waals surface area contributed by atoms with Gasteiger partial charge in [0.2, 0.25) is 0 Å². The van der Waals surface area contributed by atoms with Crippen molar-refractivity contribution in [3.8, 4) is 5.75 Å². The first-order valence-electron chi connectivity index (χ1n) is 9.72. The zero-order chi connectivity index (χ0) is 19.0. The number of benzene rings is 1. The van der Waals surface area contributed by atoms with Crippen LogP contribution < -0.4 is 15.4 Å². The van der Waals surface area contributed by atoms with Crippen LogP contribution in [0.15, 0.2) is 36.5 Å². The summed E-state index contributed by atoms with van der Waals surface area (Å²) in [7, 11) is 1.93. The lowest BCUT2D eigenvalue weighted by molar-refractivity contribution is -0.0500. The molecule has 2 N–H and O–H groups in total. The minimum atomic E-state index is -0.130. The predicted molar refractivity (Wildman–Crippen MR) is 104 cm³/mol. The number of urea groups is 1. The molecule has 2 aliphatic carbocycles. The fourth-order valence-corrected chi connectivity index (χ4v) is 3.80. The van der Waals surface area contributed by atoms with E-state index in [-0.39, 0.29) is 23.6 Å². The summed E-state index contributed by atoms with van der Waals surface area (Å²) in [5.74, 6) is 1.50. The Balaban J connectivity index is 1.28. The quantitative estimate of drug-likeness (QED) is 0.822. The minimum absolute atomic E-state index is 0.0978. The molecule has 0 bridgehead atoms. The van der Waals surface area contributed by atoms with Gasteiger partial charge in [0.1, 0.15) is 11.9 Å². The first-order valence-corrected chi connectivity index (χ1v) is 9.72. The summed E-state index contributed by atoms with van der Waals surface area (Å²) in [6.45, 7) is 4.79. The normalized spacial score (nSPS) is 23.4. The smallest absolute Gasteiger partial charge is 0.315 e. The molecular weight excluding hydrogens is 340 g/mol. The molecule has 0 saturated heterocycles. The van der Waals surface area contributed by atoms with Crippen molar-refractivity contribution in [1.82, 2.24) is 20.4 Å². The number of nitrogens with one attached hydrogen (secondary N) is 2. The Bertz CT molecular complexity index is 811. The van der Waals surface area contributed by atoms with Gasteiger partial charge in [-0.25, -0.2) is 4.79 Å². The molecule has 6 nitrogen and oxygen atoms in total. The zero-order valence-corrected chi connectivity index (χ0v) is 16.2. The first kappa shape index (κ1) is 17.9. The van der Waals surface area contributed by atoms with Crippen LogP contribution in [0.1, 0.15) is 50.3 Å². The van der Waals surface area contributed by atoms with Crippen LogP contribution in [0.2, 0.25) is 0 Å². The number of amides is 2. The third kappa shape index (κ3) is 3.66. The molecule has 27 heavy (non-hydrogen) atoms. The molecule has 6 heteroatoms. The number of nitrogens with zero attached hydrogens (tertiary/aromatic N) is 2. The van der Waals surface area contributed by atoms with E-state index < -0.39 is 0 Å². The average molecular weight is 368 g/mol. The molecule has 0 aliphatic heterocycles. The van der Waals surface area contributed by atoms with Crippen molar-refractivity contribution in [3.05, 3.63) is 47.8 Å². The standard InChI is InChI=1S/C21H28N4O2/c1-21(2)18(11-19(21)27-15-7-5-4-6-8-15)24-20(26)22-13-17-16(14-9-10-14)12-23-25(17)3/h4-8,12,14,18-19H,9-11,13H2,1-3H3,(H2,22,24,26)/t18-,19+/m0/s1. The molecule has 4 rings (SSSR count). The van der Waals surface area contributed by atoms with Gasteiger partial charge >= 0.3 is 6.03 Å². The summed E-state index contributed by atoms with van der Waals surface area (Å²) in [6.07, 6.45) is 5.30. The maximum absolute atomic E-state index is 12.4. The van der Waals surface area contributed by atoms with Crippen LogP contribution in [0.25, 0.3) is 0 Å². The third-order valence-corrected chi connectivity index (χ3v) is 6.03. The van der Waals surface area contributed by atoms with E-state index >= 15 is 0 Å². The maximum Gasteiger partial charge on any atom is 0.315 e. The Morgan fingerprint density at radius 2 is 2.04 bits per heavy atom. The van der Waals surface area contributed by atoms with Crippen LogP contribution in [0, 0.1) is 5.41 Å². The molecule has 2 amide bonds. The lowest BCUT2D eigenvalue weighted by atomic mass is 9.64. The second-order valence-corrected chi connectivity index (χ2v) is 8.30. The number of ether oxygens (including phenoxy) is 1. The maximum atomic E-state index is 12.4. The molecule has 2 aliphatic rings. The SMILES string of the molecule is Cn1ncc(C2CC2)c1CNC(=O)N[C@H]1C[C@@H](Oc2ccccc2)C1(C)C. The van der Waals surface area contributed by atoms with Crippen molar-refractivity contribution in [2.75, 3.05) is 0 Å². The Kier molecular flexibility index (Phi) is 4.58. The number of carbonyl (C=O) groups is 1. The van der Waals surface area contributed by atoms with Gasteiger partial charge in [0, 0.05) is 24.9 Å². The molecule has 2 saturated carbocycles. The number of hydrogen-bond acceptors (Lipinski definition) is 3. The number of carbonyl (C=O) groups excluding carboxylic acids is 1. The van der Waals surface area contributed by atoms with Crippen molar-refractivity contribution in [1.29, 1.82) is 0 Å². The van der Waals surface area contributed by atoms with E-state index in [0.29, 0.717) is 12.5 Å². The van der Waals surface area contributed by atoms with E-state index in [1.807, 2.05) is 48.3 Å². The van der Waals surface area contributed by atoms with Gasteiger partial charge < -0.3 is 15.4 Å². The summed E-state index contributed by atoms with van der Waals surface area (Å²) >= 11 is 0. The first-order chi connectivity index (χ1) is 12.9. The fourth-order valence-electron chi connectivity index (χ4n) is 3.80. The number of aryl methyl sites for hydroxylation is 1. The third-order valence-electron chi connectivity index (χ3n) is 6.03. The van der Waals surface area contributed by atoms with Gasteiger partial charge in [-0.05, 0) is 36.5 Å². The highest BCUT2D eigenvalue weighted by atomic mass is 16.5. The summed E-state index contributed by atoms with van der Waals surface area (Å²) in [5.41, 5.74) is 2.27. The molecule has 2 aromatic rings. The largest absolute Gasteiger partial charge is 0.490 e. The Morgan fingerprint density at radius 1 is 1.30 bits per heavy atom. The molecule has 2 fully saturated rings. The molecule has 1 aromatic carbocycles. The summed E-state index contributed by atoms with van der Waals surface area (Å²) in [6, 6.07) is 9.82. The second kappa shape index (κ2) is 6.91. The van der Waals surface area contributed by atoms with Crippen LogP contribution in [0.3, 0.4) is 0 Å². The molecule has 2 atom stereocenters. The topological polar surface area (TPSA) is 68.2 Å². The van der Waals surface area contributed by atoms with Crippen molar-refractivity contribution in [3.63, 3.8) is 0 Å². The number of para-hydroxylation sites is 1. The molecule has 0 spiro atoms. The summed E-state index contributed by atoms with van der Waals surface area (Å²) in [4.78, 5) is 12.4. The van der Waals surface area contributed by atoms with Crippen LogP contribution in [-0.4, -0.2) is 28.0 Å². The average Bonchev–Trinajstić information content (AvgIpc) is 3.43. The highest BCUT2D eigenvalue weighted by molar-refractivity contribution is 5.74. The lowest BCUT2D eigenvalue weighted by Gasteiger charge is -2.51. The molecule has 0 radical (unpaired) electrons. The zero-order valence-electron chi connectivity index (χ0n) is 16.2. The van der Waals surface area contributed by atoms with Crippen molar-refractivity contribution in [2.45, 2.75) is 57.7 Å². The van der Waals surface area contributed by atoms with Gasteiger partial charge in [0.25, 0.3) is 0 Å². The van der Waals surface area contributed by atoms with Crippen molar-refractivity contribution < 1.29 is 9.53 Å². The van der Waals surface area contributed by atoms with Gasteiger partial charge in [-0.1, -0.05) is 32.0 Å². The highest BCUT2D eigenvalue weighted by Gasteiger charge is 2.50. The predicted octanol–water partition coefficient (Wildman–Crippen LogP) is 3.34. The Morgan fingerprint density at radius 3 is 2.70 bits per heavy atom. The van der Waals surface area contributed by atoms with E-state index in [1.54, 1.807) is 0 Å².